The second-order valence-electron chi connectivity index (χ2n) is 8.75. The van der Waals surface area contributed by atoms with Crippen LogP contribution < -0.4 is 5.32 Å². The molecule has 1 N–H and O–H groups in total. The third-order valence-corrected chi connectivity index (χ3v) is 8.22. The Hall–Kier alpha value is -2.97. The third-order valence-electron chi connectivity index (χ3n) is 6.21. The van der Waals surface area contributed by atoms with E-state index in [2.05, 4.69) is 10.4 Å². The number of aryl methyl sites for hydroxylation is 2. The van der Waals surface area contributed by atoms with E-state index in [4.69, 9.17) is 0 Å². The molecule has 174 valence electrons. The predicted octanol–water partition coefficient (Wildman–Crippen LogP) is 4.36. The van der Waals surface area contributed by atoms with Crippen LogP contribution in [-0.4, -0.2) is 41.0 Å². The topological polar surface area (TPSA) is 84.3 Å². The molecule has 2 aromatic carbocycles. The molecule has 8 heteroatoms. The lowest BCUT2D eigenvalue weighted by molar-refractivity contribution is 0.102. The molecule has 0 saturated carbocycles. The number of nitrogens with zero attached hydrogens (tertiary/aromatic N) is 3. The second-order valence-corrected chi connectivity index (χ2v) is 10.6. The summed E-state index contributed by atoms with van der Waals surface area (Å²) in [5, 5.41) is 7.23. The molecule has 2 heterocycles. The Labute approximate surface area is 195 Å². The summed E-state index contributed by atoms with van der Waals surface area (Å²) in [4.78, 5) is 13.3. The number of carbonyl (C=O) groups excluding carboxylic acids is 1. The van der Waals surface area contributed by atoms with Crippen molar-refractivity contribution in [3.05, 3.63) is 77.0 Å². The minimum atomic E-state index is -3.66. The Balaban J connectivity index is 1.56. The number of sulfonamides is 1. The van der Waals surface area contributed by atoms with Crippen molar-refractivity contribution in [2.75, 3.05) is 11.9 Å². The molecule has 1 saturated heterocycles. The molecule has 1 atom stereocenters. The van der Waals surface area contributed by atoms with Crippen LogP contribution in [0.5, 0.6) is 0 Å². The number of anilines is 1. The van der Waals surface area contributed by atoms with Gasteiger partial charge >= 0.3 is 0 Å². The molecule has 33 heavy (non-hydrogen) atoms. The first-order valence-electron chi connectivity index (χ1n) is 11.3. The fourth-order valence-corrected chi connectivity index (χ4v) is 5.91. The zero-order chi connectivity index (χ0) is 23.6. The fraction of sp³-hybridized carbons (Fsp3) is 0.360. The number of piperidine rings is 1. The molecular formula is C25H30N4O3S. The van der Waals surface area contributed by atoms with Crippen LogP contribution >= 0.6 is 0 Å². The molecule has 0 bridgehead atoms. The van der Waals surface area contributed by atoms with Crippen molar-refractivity contribution < 1.29 is 13.2 Å². The minimum absolute atomic E-state index is 0.0431. The van der Waals surface area contributed by atoms with E-state index in [0.717, 1.165) is 24.8 Å². The Bertz CT molecular complexity index is 1250. The van der Waals surface area contributed by atoms with Gasteiger partial charge in [0.2, 0.25) is 10.0 Å². The molecule has 1 unspecified atom stereocenters. The van der Waals surface area contributed by atoms with E-state index in [9.17, 15) is 13.2 Å². The van der Waals surface area contributed by atoms with Crippen LogP contribution in [-0.2, 0) is 16.6 Å². The van der Waals surface area contributed by atoms with E-state index in [-0.39, 0.29) is 16.8 Å². The molecule has 1 aromatic heterocycles. The second kappa shape index (κ2) is 9.49. The number of hydrogen-bond acceptors (Lipinski definition) is 4. The van der Waals surface area contributed by atoms with Crippen molar-refractivity contribution in [3.8, 4) is 0 Å². The van der Waals surface area contributed by atoms with E-state index in [1.807, 2.05) is 38.1 Å². The highest BCUT2D eigenvalue weighted by molar-refractivity contribution is 7.89. The van der Waals surface area contributed by atoms with Gasteiger partial charge in [-0.25, -0.2) is 13.1 Å². The maximum atomic E-state index is 13.3. The standard InChI is InChI=1S/C25H30N4O3S/c1-18-7-10-21(11-8-18)17-28-24(13-14-26-28)27-25(30)23-16-22(12-9-19(23)2)33(31,32)29-15-5-4-6-20(29)3/h7-14,16,20H,4-6,15,17H2,1-3H3,(H,27,30). The number of aromatic nitrogens is 2. The summed E-state index contributed by atoms with van der Waals surface area (Å²) < 4.78 is 29.8. The Morgan fingerprint density at radius 1 is 1.09 bits per heavy atom. The molecule has 0 aliphatic carbocycles. The average molecular weight is 467 g/mol. The SMILES string of the molecule is Cc1ccc(Cn2nccc2NC(=O)c2cc(S(=O)(=O)N3CCCCC3C)ccc2C)cc1. The molecule has 4 rings (SSSR count). The maximum Gasteiger partial charge on any atom is 0.257 e. The lowest BCUT2D eigenvalue weighted by atomic mass is 10.1. The van der Waals surface area contributed by atoms with Crippen LogP contribution in [0.25, 0.3) is 0 Å². The van der Waals surface area contributed by atoms with E-state index >= 15 is 0 Å². The predicted molar refractivity (Wildman–Crippen MR) is 129 cm³/mol. The van der Waals surface area contributed by atoms with Crippen LogP contribution in [0.2, 0.25) is 0 Å². The van der Waals surface area contributed by atoms with Crippen molar-refractivity contribution in [1.82, 2.24) is 14.1 Å². The van der Waals surface area contributed by atoms with Crippen molar-refractivity contribution in [2.45, 2.75) is 57.5 Å². The van der Waals surface area contributed by atoms with E-state index in [0.29, 0.717) is 30.0 Å². The van der Waals surface area contributed by atoms with E-state index in [1.165, 1.54) is 11.6 Å². The zero-order valence-electron chi connectivity index (χ0n) is 19.3. The molecule has 1 fully saturated rings. The molecule has 1 aliphatic heterocycles. The monoisotopic (exact) mass is 466 g/mol. The number of nitrogens with one attached hydrogen (secondary N) is 1. The van der Waals surface area contributed by atoms with Crippen LogP contribution in [0.1, 0.15) is 53.2 Å². The minimum Gasteiger partial charge on any atom is -0.307 e. The van der Waals surface area contributed by atoms with Crippen molar-refractivity contribution in [1.29, 1.82) is 0 Å². The summed E-state index contributed by atoms with van der Waals surface area (Å²) >= 11 is 0. The zero-order valence-corrected chi connectivity index (χ0v) is 20.1. The summed E-state index contributed by atoms with van der Waals surface area (Å²) in [6.07, 6.45) is 4.37. The maximum absolute atomic E-state index is 13.3. The van der Waals surface area contributed by atoms with Crippen LogP contribution in [0.4, 0.5) is 5.82 Å². The highest BCUT2D eigenvalue weighted by Crippen LogP contribution is 2.27. The highest BCUT2D eigenvalue weighted by Gasteiger charge is 2.31. The van der Waals surface area contributed by atoms with Gasteiger partial charge in [-0.15, -0.1) is 0 Å². The number of amides is 1. The molecule has 1 aliphatic rings. The molecule has 3 aromatic rings. The lowest BCUT2D eigenvalue weighted by Gasteiger charge is -2.32. The summed E-state index contributed by atoms with van der Waals surface area (Å²) in [6, 6.07) is 14.6. The van der Waals surface area contributed by atoms with Crippen molar-refractivity contribution in [3.63, 3.8) is 0 Å². The highest BCUT2D eigenvalue weighted by atomic mass is 32.2. The molecule has 0 spiro atoms. The van der Waals surface area contributed by atoms with Gasteiger partial charge in [0, 0.05) is 24.2 Å². The summed E-state index contributed by atoms with van der Waals surface area (Å²) in [5.74, 6) is 0.194. The van der Waals surface area contributed by atoms with Gasteiger partial charge in [-0.3, -0.25) is 4.79 Å². The normalized spacial score (nSPS) is 17.1. The van der Waals surface area contributed by atoms with Gasteiger partial charge in [0.1, 0.15) is 5.82 Å². The number of carbonyl (C=O) groups is 1. The number of benzene rings is 2. The Kier molecular flexibility index (Phi) is 6.67. The first-order chi connectivity index (χ1) is 15.8. The first-order valence-corrected chi connectivity index (χ1v) is 12.7. The van der Waals surface area contributed by atoms with Gasteiger partial charge in [0.15, 0.2) is 0 Å². The molecule has 1 amide bonds. The summed E-state index contributed by atoms with van der Waals surface area (Å²) in [5.41, 5.74) is 3.29. The Morgan fingerprint density at radius 3 is 2.58 bits per heavy atom. The van der Waals surface area contributed by atoms with Crippen LogP contribution in [0.3, 0.4) is 0 Å². The van der Waals surface area contributed by atoms with Gasteiger partial charge in [-0.2, -0.15) is 9.40 Å². The lowest BCUT2D eigenvalue weighted by Crippen LogP contribution is -2.42. The largest absolute Gasteiger partial charge is 0.307 e. The van der Waals surface area contributed by atoms with Gasteiger partial charge in [0.05, 0.1) is 17.6 Å². The van der Waals surface area contributed by atoms with Gasteiger partial charge in [0.25, 0.3) is 5.91 Å². The molecule has 7 nitrogen and oxygen atoms in total. The van der Waals surface area contributed by atoms with E-state index in [1.54, 1.807) is 40.3 Å². The third kappa shape index (κ3) is 5.02. The quantitative estimate of drug-likeness (QED) is 0.585. The average Bonchev–Trinajstić information content (AvgIpc) is 3.22. The summed E-state index contributed by atoms with van der Waals surface area (Å²) in [6.45, 7) is 6.80. The van der Waals surface area contributed by atoms with E-state index < -0.39 is 10.0 Å². The fourth-order valence-electron chi connectivity index (χ4n) is 4.19. The van der Waals surface area contributed by atoms with Gasteiger partial charge in [-0.05, 0) is 56.9 Å². The van der Waals surface area contributed by atoms with Crippen LogP contribution in [0, 0.1) is 13.8 Å². The van der Waals surface area contributed by atoms with Crippen LogP contribution in [0.15, 0.2) is 59.6 Å². The van der Waals surface area contributed by atoms with Crippen molar-refractivity contribution in [2.24, 2.45) is 0 Å². The molecular weight excluding hydrogens is 436 g/mol. The molecule has 0 radical (unpaired) electrons. The Morgan fingerprint density at radius 2 is 1.85 bits per heavy atom. The summed E-state index contributed by atoms with van der Waals surface area (Å²) in [7, 11) is -3.66. The number of rotatable bonds is 6. The number of hydrogen-bond donors (Lipinski definition) is 1. The smallest absolute Gasteiger partial charge is 0.257 e. The van der Waals surface area contributed by atoms with Crippen molar-refractivity contribution >= 4 is 21.7 Å². The first kappa shape index (κ1) is 23.2. The van der Waals surface area contributed by atoms with Gasteiger partial charge < -0.3 is 5.32 Å². The van der Waals surface area contributed by atoms with Gasteiger partial charge in [-0.1, -0.05) is 42.3 Å².